The fraction of sp³-hybridized carbons (Fsp3) is 0.105. The highest BCUT2D eigenvalue weighted by molar-refractivity contribution is 7.22. The lowest BCUT2D eigenvalue weighted by Gasteiger charge is -2.07. The molecule has 0 fully saturated rings. The number of pyridine rings is 1. The highest BCUT2D eigenvalue weighted by Crippen LogP contribution is 2.25. The van der Waals surface area contributed by atoms with Crippen LogP contribution in [0, 0.1) is 0 Å². The van der Waals surface area contributed by atoms with E-state index in [1.54, 1.807) is 6.20 Å². The van der Waals surface area contributed by atoms with E-state index in [-0.39, 0.29) is 6.03 Å². The van der Waals surface area contributed by atoms with Crippen LogP contribution in [-0.2, 0) is 6.42 Å². The van der Waals surface area contributed by atoms with Crippen molar-refractivity contribution in [3.05, 3.63) is 66.4 Å². The van der Waals surface area contributed by atoms with Crippen molar-refractivity contribution >= 4 is 43.6 Å². The summed E-state index contributed by atoms with van der Waals surface area (Å²) >= 11 is 1.46. The lowest BCUT2D eigenvalue weighted by molar-refractivity contribution is 0.252. The summed E-state index contributed by atoms with van der Waals surface area (Å²) in [6, 6.07) is 17.6. The SMILES string of the molecule is O=C(NCCc1cccc2cccnc12)Nc1nc2ccccc2s1. The van der Waals surface area contributed by atoms with Gasteiger partial charge in [-0.05, 0) is 30.2 Å². The summed E-state index contributed by atoms with van der Waals surface area (Å²) in [6.45, 7) is 0.534. The van der Waals surface area contributed by atoms with Crippen molar-refractivity contribution in [1.29, 1.82) is 0 Å². The summed E-state index contributed by atoms with van der Waals surface area (Å²) < 4.78 is 1.06. The molecule has 0 radical (unpaired) electrons. The second-order valence-corrected chi connectivity index (χ2v) is 6.64. The third-order valence-electron chi connectivity index (χ3n) is 3.91. The maximum absolute atomic E-state index is 12.1. The number of thiazole rings is 1. The van der Waals surface area contributed by atoms with Crippen LogP contribution >= 0.6 is 11.3 Å². The number of urea groups is 1. The maximum atomic E-state index is 12.1. The van der Waals surface area contributed by atoms with Crippen LogP contribution in [0.2, 0.25) is 0 Å². The summed E-state index contributed by atoms with van der Waals surface area (Å²) in [5.41, 5.74) is 3.00. The maximum Gasteiger partial charge on any atom is 0.321 e. The van der Waals surface area contributed by atoms with Gasteiger partial charge in [-0.1, -0.05) is 47.7 Å². The van der Waals surface area contributed by atoms with Gasteiger partial charge in [-0.3, -0.25) is 10.3 Å². The van der Waals surface area contributed by atoms with E-state index in [1.165, 1.54) is 11.3 Å². The molecule has 2 N–H and O–H groups in total. The first-order chi connectivity index (χ1) is 12.3. The first-order valence-corrected chi connectivity index (χ1v) is 8.84. The molecule has 2 heterocycles. The Morgan fingerprint density at radius 2 is 1.92 bits per heavy atom. The van der Waals surface area contributed by atoms with Crippen LogP contribution in [-0.4, -0.2) is 22.5 Å². The minimum absolute atomic E-state index is 0.243. The molecule has 0 atom stereocenters. The van der Waals surface area contributed by atoms with Crippen LogP contribution in [0.25, 0.3) is 21.1 Å². The number of hydrogen-bond acceptors (Lipinski definition) is 4. The fourth-order valence-electron chi connectivity index (χ4n) is 2.75. The molecule has 2 aromatic carbocycles. The molecule has 124 valence electrons. The number of hydrogen-bond donors (Lipinski definition) is 2. The van der Waals surface area contributed by atoms with E-state index in [0.29, 0.717) is 11.7 Å². The normalized spacial score (nSPS) is 10.9. The number of fused-ring (bicyclic) bond motifs is 2. The first kappa shape index (κ1) is 15.5. The number of amides is 2. The van der Waals surface area contributed by atoms with Gasteiger partial charge in [0.2, 0.25) is 0 Å². The van der Waals surface area contributed by atoms with Gasteiger partial charge in [-0.25, -0.2) is 9.78 Å². The van der Waals surface area contributed by atoms with Gasteiger partial charge in [0.05, 0.1) is 15.7 Å². The number of carbonyl (C=O) groups excluding carboxylic acids is 1. The topological polar surface area (TPSA) is 66.9 Å². The average Bonchev–Trinajstić information content (AvgIpc) is 3.04. The Balaban J connectivity index is 1.37. The van der Waals surface area contributed by atoms with Gasteiger partial charge in [-0.2, -0.15) is 0 Å². The molecule has 0 spiro atoms. The van der Waals surface area contributed by atoms with Gasteiger partial charge < -0.3 is 5.32 Å². The lowest BCUT2D eigenvalue weighted by atomic mass is 10.1. The second kappa shape index (κ2) is 6.86. The van der Waals surface area contributed by atoms with E-state index in [2.05, 4.69) is 20.6 Å². The summed E-state index contributed by atoms with van der Waals surface area (Å²) in [5, 5.41) is 7.39. The minimum atomic E-state index is -0.243. The molecule has 0 saturated heterocycles. The van der Waals surface area contributed by atoms with Gasteiger partial charge >= 0.3 is 6.03 Å². The van der Waals surface area contributed by atoms with E-state index in [4.69, 9.17) is 0 Å². The highest BCUT2D eigenvalue weighted by atomic mass is 32.1. The molecular formula is C19H16N4OS. The van der Waals surface area contributed by atoms with E-state index < -0.39 is 0 Å². The number of carbonyl (C=O) groups is 1. The summed E-state index contributed by atoms with van der Waals surface area (Å²) in [4.78, 5) is 20.9. The lowest BCUT2D eigenvalue weighted by Crippen LogP contribution is -2.30. The quantitative estimate of drug-likeness (QED) is 0.580. The Labute approximate surface area is 148 Å². The zero-order chi connectivity index (χ0) is 17.1. The Morgan fingerprint density at radius 1 is 1.04 bits per heavy atom. The number of benzene rings is 2. The van der Waals surface area contributed by atoms with Crippen molar-refractivity contribution in [3.8, 4) is 0 Å². The average molecular weight is 348 g/mol. The molecule has 6 heteroatoms. The van der Waals surface area contributed by atoms with Crippen LogP contribution in [0.5, 0.6) is 0 Å². The van der Waals surface area contributed by atoms with Crippen molar-refractivity contribution in [2.75, 3.05) is 11.9 Å². The Bertz CT molecular complexity index is 1010. The van der Waals surface area contributed by atoms with Crippen molar-refractivity contribution in [3.63, 3.8) is 0 Å². The second-order valence-electron chi connectivity index (χ2n) is 5.61. The smallest absolute Gasteiger partial charge is 0.321 e. The molecule has 0 bridgehead atoms. The van der Waals surface area contributed by atoms with Gasteiger partial charge in [0.25, 0.3) is 0 Å². The van der Waals surface area contributed by atoms with Crippen molar-refractivity contribution in [2.45, 2.75) is 6.42 Å². The summed E-state index contributed by atoms with van der Waals surface area (Å²) in [6.07, 6.45) is 2.51. The van der Waals surface area contributed by atoms with Crippen LogP contribution in [0.4, 0.5) is 9.93 Å². The third kappa shape index (κ3) is 3.44. The monoisotopic (exact) mass is 348 g/mol. The molecule has 0 aliphatic carbocycles. The van der Waals surface area contributed by atoms with E-state index in [0.717, 1.165) is 33.1 Å². The molecule has 25 heavy (non-hydrogen) atoms. The standard InChI is InChI=1S/C19H16N4OS/c24-18(23-19-22-15-8-1-2-9-16(15)25-19)21-12-10-14-6-3-5-13-7-4-11-20-17(13)14/h1-9,11H,10,12H2,(H2,21,22,23,24). The number of nitrogens with one attached hydrogen (secondary N) is 2. The third-order valence-corrected chi connectivity index (χ3v) is 4.86. The van der Waals surface area contributed by atoms with Gasteiger partial charge in [-0.15, -0.1) is 0 Å². The van der Waals surface area contributed by atoms with E-state index in [1.807, 2.05) is 54.6 Å². The van der Waals surface area contributed by atoms with Crippen LogP contribution in [0.3, 0.4) is 0 Å². The van der Waals surface area contributed by atoms with Crippen molar-refractivity contribution in [1.82, 2.24) is 15.3 Å². The van der Waals surface area contributed by atoms with Crippen molar-refractivity contribution in [2.24, 2.45) is 0 Å². The molecule has 4 aromatic rings. The first-order valence-electron chi connectivity index (χ1n) is 8.03. The van der Waals surface area contributed by atoms with Crippen LogP contribution in [0.15, 0.2) is 60.8 Å². The predicted molar refractivity (Wildman–Crippen MR) is 102 cm³/mol. The molecule has 5 nitrogen and oxygen atoms in total. The number of anilines is 1. The molecule has 0 aliphatic rings. The summed E-state index contributed by atoms with van der Waals surface area (Å²) in [7, 11) is 0. The molecule has 0 aliphatic heterocycles. The number of nitrogens with zero attached hydrogens (tertiary/aromatic N) is 2. The fourth-order valence-corrected chi connectivity index (χ4v) is 3.61. The molecule has 2 amide bonds. The number of aromatic nitrogens is 2. The van der Waals surface area contributed by atoms with Gasteiger partial charge in [0.15, 0.2) is 5.13 Å². The number of para-hydroxylation sites is 2. The Hall–Kier alpha value is -2.99. The molecule has 0 saturated carbocycles. The zero-order valence-corrected chi connectivity index (χ0v) is 14.2. The Morgan fingerprint density at radius 3 is 2.84 bits per heavy atom. The minimum Gasteiger partial charge on any atom is -0.337 e. The van der Waals surface area contributed by atoms with Crippen LogP contribution in [0.1, 0.15) is 5.56 Å². The highest BCUT2D eigenvalue weighted by Gasteiger charge is 2.07. The van der Waals surface area contributed by atoms with Crippen LogP contribution < -0.4 is 10.6 Å². The van der Waals surface area contributed by atoms with E-state index in [9.17, 15) is 4.79 Å². The van der Waals surface area contributed by atoms with E-state index >= 15 is 0 Å². The molecule has 4 rings (SSSR count). The van der Waals surface area contributed by atoms with Crippen molar-refractivity contribution < 1.29 is 4.79 Å². The Kier molecular flexibility index (Phi) is 4.26. The number of rotatable bonds is 4. The summed E-state index contributed by atoms with van der Waals surface area (Å²) in [5.74, 6) is 0. The molecular weight excluding hydrogens is 332 g/mol. The largest absolute Gasteiger partial charge is 0.337 e. The zero-order valence-electron chi connectivity index (χ0n) is 13.4. The molecule has 2 aromatic heterocycles. The van der Waals surface area contributed by atoms with Gasteiger partial charge in [0, 0.05) is 18.1 Å². The predicted octanol–water partition coefficient (Wildman–Crippen LogP) is 4.21. The van der Waals surface area contributed by atoms with Gasteiger partial charge in [0.1, 0.15) is 0 Å². The molecule has 0 unspecified atom stereocenters.